The molecule has 0 amide bonds. The Kier molecular flexibility index (Phi) is 7.28. The monoisotopic (exact) mass is 484 g/mol. The molecule has 2 aromatic rings. The van der Waals surface area contributed by atoms with Crippen molar-refractivity contribution >= 4 is 28.1 Å². The van der Waals surface area contributed by atoms with E-state index in [1.807, 2.05) is 24.3 Å². The van der Waals surface area contributed by atoms with Gasteiger partial charge in [0.05, 0.1) is 0 Å². The van der Waals surface area contributed by atoms with Crippen LogP contribution in [0.15, 0.2) is 24.3 Å². The molecule has 0 aromatic heterocycles. The van der Waals surface area contributed by atoms with Crippen molar-refractivity contribution in [2.24, 2.45) is 0 Å². The molecule has 0 unspecified atom stereocenters. The zero-order valence-electron chi connectivity index (χ0n) is 17.9. The fraction of sp³-hybridized carbons (Fsp3) is 0.500. The second-order valence-corrected chi connectivity index (χ2v) is 11.5. The predicted octanol–water partition coefficient (Wildman–Crippen LogP) is 5.25. The third-order valence-corrected chi connectivity index (χ3v) is 8.81. The van der Waals surface area contributed by atoms with Gasteiger partial charge in [-0.3, -0.25) is 0 Å². The average molecular weight is 482 g/mol. The molecule has 0 saturated heterocycles. The summed E-state index contributed by atoms with van der Waals surface area (Å²) in [6, 6.07) is 7.84. The fourth-order valence-electron chi connectivity index (χ4n) is 3.37. The van der Waals surface area contributed by atoms with E-state index in [1.165, 1.54) is 29.5 Å². The molecular formula is C24H34O2Te. The van der Waals surface area contributed by atoms with Gasteiger partial charge < -0.3 is 0 Å². The maximum absolute atomic E-state index is 10.3. The van der Waals surface area contributed by atoms with Crippen LogP contribution in [0.1, 0.15) is 101 Å². The van der Waals surface area contributed by atoms with Crippen LogP contribution in [0.25, 0.3) is 0 Å². The SMILES string of the molecule is CC(C)c1cc(O)cc(C(C)C)c1[Te]c1c(C(C)C)cc(O)cc1C(C)C. The first kappa shape index (κ1) is 22.1. The number of benzene rings is 2. The third-order valence-electron chi connectivity index (χ3n) is 4.95. The van der Waals surface area contributed by atoms with Crippen LogP contribution in [0.4, 0.5) is 0 Å². The van der Waals surface area contributed by atoms with E-state index in [2.05, 4.69) is 55.4 Å². The molecule has 0 heterocycles. The van der Waals surface area contributed by atoms with E-state index in [0.717, 1.165) is 0 Å². The van der Waals surface area contributed by atoms with Gasteiger partial charge in [-0.2, -0.15) is 0 Å². The molecule has 0 aliphatic carbocycles. The number of phenols is 2. The van der Waals surface area contributed by atoms with Gasteiger partial charge in [0.25, 0.3) is 0 Å². The van der Waals surface area contributed by atoms with Crippen LogP contribution < -0.4 is 7.22 Å². The van der Waals surface area contributed by atoms with Gasteiger partial charge in [0, 0.05) is 0 Å². The van der Waals surface area contributed by atoms with E-state index in [4.69, 9.17) is 0 Å². The van der Waals surface area contributed by atoms with Crippen molar-refractivity contribution in [3.8, 4) is 11.5 Å². The minimum atomic E-state index is -0.672. The quantitative estimate of drug-likeness (QED) is 0.553. The molecule has 0 bridgehead atoms. The Morgan fingerprint density at radius 1 is 0.519 bits per heavy atom. The van der Waals surface area contributed by atoms with Gasteiger partial charge >= 0.3 is 175 Å². The van der Waals surface area contributed by atoms with E-state index in [0.29, 0.717) is 35.2 Å². The van der Waals surface area contributed by atoms with Gasteiger partial charge in [-0.15, -0.1) is 0 Å². The molecule has 0 radical (unpaired) electrons. The third kappa shape index (κ3) is 5.01. The maximum atomic E-state index is 10.3. The van der Waals surface area contributed by atoms with Crippen LogP contribution in [0.2, 0.25) is 0 Å². The number of phenolic OH excluding ortho intramolecular Hbond substituents is 2. The Balaban J connectivity index is 2.77. The van der Waals surface area contributed by atoms with E-state index >= 15 is 0 Å². The van der Waals surface area contributed by atoms with Crippen molar-refractivity contribution in [1.29, 1.82) is 0 Å². The van der Waals surface area contributed by atoms with Crippen molar-refractivity contribution in [1.82, 2.24) is 0 Å². The Hall–Kier alpha value is -1.17. The molecule has 3 heteroatoms. The summed E-state index contributed by atoms with van der Waals surface area (Å²) in [5, 5.41) is 20.6. The molecule has 2 rings (SSSR count). The van der Waals surface area contributed by atoms with E-state index in [1.54, 1.807) is 0 Å². The molecule has 27 heavy (non-hydrogen) atoms. The van der Waals surface area contributed by atoms with Crippen molar-refractivity contribution in [2.75, 3.05) is 0 Å². The molecule has 0 saturated carbocycles. The second-order valence-electron chi connectivity index (χ2n) is 8.63. The molecule has 0 fully saturated rings. The van der Waals surface area contributed by atoms with Crippen molar-refractivity contribution in [3.05, 3.63) is 46.5 Å². The normalized spacial score (nSPS) is 12.0. The zero-order chi connectivity index (χ0) is 20.5. The first-order chi connectivity index (χ1) is 12.5. The van der Waals surface area contributed by atoms with E-state index in [-0.39, 0.29) is 0 Å². The van der Waals surface area contributed by atoms with Crippen molar-refractivity contribution < 1.29 is 10.2 Å². The first-order valence-electron chi connectivity index (χ1n) is 9.94. The molecular weight excluding hydrogens is 448 g/mol. The van der Waals surface area contributed by atoms with Crippen LogP contribution in [0, 0.1) is 0 Å². The summed E-state index contributed by atoms with van der Waals surface area (Å²) in [6.07, 6.45) is 0. The van der Waals surface area contributed by atoms with Crippen LogP contribution >= 0.6 is 0 Å². The number of hydrogen-bond donors (Lipinski definition) is 2. The van der Waals surface area contributed by atoms with Gasteiger partial charge in [0.15, 0.2) is 0 Å². The Morgan fingerprint density at radius 2 is 0.741 bits per heavy atom. The second kappa shape index (κ2) is 8.89. The van der Waals surface area contributed by atoms with Gasteiger partial charge in [-0.1, -0.05) is 0 Å². The average Bonchev–Trinajstić information content (AvgIpc) is 2.55. The molecule has 0 atom stereocenters. The van der Waals surface area contributed by atoms with Gasteiger partial charge in [-0.25, -0.2) is 0 Å². The molecule has 0 spiro atoms. The van der Waals surface area contributed by atoms with E-state index in [9.17, 15) is 10.2 Å². The summed E-state index contributed by atoms with van der Waals surface area (Å²) < 4.78 is 2.91. The zero-order valence-corrected chi connectivity index (χ0v) is 20.3. The molecule has 2 N–H and O–H groups in total. The Labute approximate surface area is 175 Å². The molecule has 0 aliphatic heterocycles. The van der Waals surface area contributed by atoms with Crippen LogP contribution in [0.5, 0.6) is 11.5 Å². The van der Waals surface area contributed by atoms with Gasteiger partial charge in [-0.05, 0) is 0 Å². The summed E-state index contributed by atoms with van der Waals surface area (Å²) >= 11 is -0.672. The Morgan fingerprint density at radius 3 is 0.926 bits per heavy atom. The summed E-state index contributed by atoms with van der Waals surface area (Å²) in [5.74, 6) is 2.23. The molecule has 0 aliphatic rings. The molecule has 2 nitrogen and oxygen atoms in total. The van der Waals surface area contributed by atoms with Crippen LogP contribution in [0.3, 0.4) is 0 Å². The molecule has 148 valence electrons. The van der Waals surface area contributed by atoms with Crippen LogP contribution in [-0.2, 0) is 0 Å². The Bertz CT molecular complexity index is 679. The van der Waals surface area contributed by atoms with Crippen LogP contribution in [-0.4, -0.2) is 31.1 Å². The summed E-state index contributed by atoms with van der Waals surface area (Å²) in [7, 11) is 0. The van der Waals surface area contributed by atoms with Crippen molar-refractivity contribution in [2.45, 2.75) is 79.1 Å². The number of aromatic hydroxyl groups is 2. The number of hydrogen-bond acceptors (Lipinski definition) is 2. The number of rotatable bonds is 6. The predicted molar refractivity (Wildman–Crippen MR) is 118 cm³/mol. The van der Waals surface area contributed by atoms with Gasteiger partial charge in [0.2, 0.25) is 0 Å². The topological polar surface area (TPSA) is 40.5 Å². The summed E-state index contributed by atoms with van der Waals surface area (Å²) in [4.78, 5) is 0. The standard InChI is InChI=1S/C24H34O2Te/c1-13(2)19-9-17(25)10-20(14(3)4)23(19)27-24-21(15(5)6)11-18(26)12-22(24)16(7)8/h9-16,25-26H,1-8H3. The summed E-state index contributed by atoms with van der Waals surface area (Å²) in [6.45, 7) is 17.7. The van der Waals surface area contributed by atoms with Gasteiger partial charge in [0.1, 0.15) is 0 Å². The van der Waals surface area contributed by atoms with Crippen molar-refractivity contribution in [3.63, 3.8) is 0 Å². The van der Waals surface area contributed by atoms with E-state index < -0.39 is 20.9 Å². The summed E-state index contributed by atoms with van der Waals surface area (Å²) in [5.41, 5.74) is 5.11. The first-order valence-corrected chi connectivity index (χ1v) is 12.3. The minimum absolute atomic E-state index is 0.372. The fourth-order valence-corrected chi connectivity index (χ4v) is 8.66. The molecule has 2 aromatic carbocycles.